The summed E-state index contributed by atoms with van der Waals surface area (Å²) in [4.78, 5) is 26.0. The first-order valence-electron chi connectivity index (χ1n) is 11.5. The molecule has 1 aliphatic carbocycles. The zero-order valence-corrected chi connectivity index (χ0v) is 20.3. The summed E-state index contributed by atoms with van der Waals surface area (Å²) in [6.07, 6.45) is 1.23. The lowest BCUT2D eigenvalue weighted by Gasteiger charge is -2.34. The van der Waals surface area contributed by atoms with E-state index < -0.39 is 0 Å². The number of ether oxygens (including phenoxy) is 4. The van der Waals surface area contributed by atoms with Crippen LogP contribution in [0.1, 0.15) is 56.1 Å². The van der Waals surface area contributed by atoms with E-state index in [4.69, 9.17) is 18.9 Å². The number of methoxy groups -OCH3 is 3. The molecule has 180 valence electrons. The van der Waals surface area contributed by atoms with Crippen molar-refractivity contribution in [1.29, 1.82) is 0 Å². The van der Waals surface area contributed by atoms with Gasteiger partial charge in [0.25, 0.3) is 0 Å². The second-order valence-corrected chi connectivity index (χ2v) is 8.92. The molecule has 0 aromatic heterocycles. The first-order valence-corrected chi connectivity index (χ1v) is 11.5. The Morgan fingerprint density at radius 1 is 0.853 bits per heavy atom. The summed E-state index contributed by atoms with van der Waals surface area (Å²) in [6.45, 7) is 3.95. The highest BCUT2D eigenvalue weighted by Gasteiger charge is 2.38. The van der Waals surface area contributed by atoms with Crippen LogP contribution in [0.5, 0.6) is 23.0 Å². The molecule has 1 heterocycles. The van der Waals surface area contributed by atoms with Crippen LogP contribution in [0.15, 0.2) is 47.7 Å². The van der Waals surface area contributed by atoms with Crippen LogP contribution >= 0.6 is 0 Å². The van der Waals surface area contributed by atoms with Gasteiger partial charge in [0.15, 0.2) is 17.3 Å². The third-order valence-corrected chi connectivity index (χ3v) is 6.35. The van der Waals surface area contributed by atoms with E-state index in [1.54, 1.807) is 21.3 Å². The molecule has 7 nitrogen and oxygen atoms in total. The molecule has 0 fully saturated rings. The Bertz CT molecular complexity index is 1090. The summed E-state index contributed by atoms with van der Waals surface area (Å²) in [5.41, 5.74) is 3.26. The number of hydrogen-bond donors (Lipinski definition) is 1. The number of carbonyl (C=O) groups excluding carboxylic acids is 2. The van der Waals surface area contributed by atoms with Gasteiger partial charge in [-0.25, -0.2) is 0 Å². The van der Waals surface area contributed by atoms with Gasteiger partial charge in [0.1, 0.15) is 5.75 Å². The van der Waals surface area contributed by atoms with Crippen LogP contribution in [0, 0.1) is 0 Å². The van der Waals surface area contributed by atoms with E-state index in [2.05, 4.69) is 5.32 Å². The van der Waals surface area contributed by atoms with Crippen molar-refractivity contribution in [3.63, 3.8) is 0 Å². The monoisotopic (exact) mass is 465 g/mol. The van der Waals surface area contributed by atoms with Gasteiger partial charge in [0.05, 0.1) is 27.4 Å². The number of carbonyl (C=O) groups is 2. The number of rotatable bonds is 7. The Kier molecular flexibility index (Phi) is 6.82. The summed E-state index contributed by atoms with van der Waals surface area (Å²) in [5, 5.41) is 2.97. The molecule has 0 bridgehead atoms. The van der Waals surface area contributed by atoms with Crippen molar-refractivity contribution in [3.05, 3.63) is 58.8 Å². The van der Waals surface area contributed by atoms with Crippen LogP contribution in [0.4, 0.5) is 0 Å². The van der Waals surface area contributed by atoms with Crippen LogP contribution in [0.2, 0.25) is 0 Å². The molecule has 0 spiro atoms. The van der Waals surface area contributed by atoms with Crippen molar-refractivity contribution in [1.82, 2.24) is 5.32 Å². The van der Waals surface area contributed by atoms with Gasteiger partial charge in [0, 0.05) is 30.0 Å². The summed E-state index contributed by atoms with van der Waals surface area (Å²) < 4.78 is 22.1. The van der Waals surface area contributed by atoms with E-state index in [0.717, 1.165) is 16.9 Å². The SMILES string of the molecule is COc1cc([C@H]2CC(=O)C3=C(C2)NC(=O)C[C@H]3c2ccc(OC(C)C)cc2)cc(OC)c1OC. The van der Waals surface area contributed by atoms with E-state index in [9.17, 15) is 9.59 Å². The van der Waals surface area contributed by atoms with Gasteiger partial charge in [-0.2, -0.15) is 0 Å². The maximum Gasteiger partial charge on any atom is 0.225 e. The summed E-state index contributed by atoms with van der Waals surface area (Å²) in [5.74, 6) is 1.96. The third-order valence-electron chi connectivity index (χ3n) is 6.35. The van der Waals surface area contributed by atoms with Crippen LogP contribution in [-0.4, -0.2) is 39.1 Å². The number of benzene rings is 2. The molecule has 1 aliphatic heterocycles. The van der Waals surface area contributed by atoms with E-state index >= 15 is 0 Å². The van der Waals surface area contributed by atoms with E-state index in [1.807, 2.05) is 50.2 Å². The molecular weight excluding hydrogens is 434 g/mol. The van der Waals surface area contributed by atoms with Crippen LogP contribution in [0.3, 0.4) is 0 Å². The molecule has 7 heteroatoms. The molecule has 0 unspecified atom stereocenters. The maximum atomic E-state index is 13.4. The van der Waals surface area contributed by atoms with E-state index in [-0.39, 0.29) is 36.1 Å². The van der Waals surface area contributed by atoms with Crippen molar-refractivity contribution in [2.75, 3.05) is 21.3 Å². The average molecular weight is 466 g/mol. The van der Waals surface area contributed by atoms with Crippen molar-refractivity contribution in [2.24, 2.45) is 0 Å². The fourth-order valence-corrected chi connectivity index (χ4v) is 4.87. The van der Waals surface area contributed by atoms with Crippen molar-refractivity contribution in [2.45, 2.75) is 51.0 Å². The largest absolute Gasteiger partial charge is 0.493 e. The molecule has 2 aromatic carbocycles. The lowest BCUT2D eigenvalue weighted by atomic mass is 9.73. The maximum absolute atomic E-state index is 13.4. The number of amides is 1. The van der Waals surface area contributed by atoms with Gasteiger partial charge in [-0.3, -0.25) is 9.59 Å². The zero-order valence-electron chi connectivity index (χ0n) is 20.3. The van der Waals surface area contributed by atoms with E-state index in [0.29, 0.717) is 41.4 Å². The molecule has 1 amide bonds. The number of Topliss-reactive ketones (excluding diaryl/α,β-unsaturated/α-hetero) is 1. The molecule has 2 aromatic rings. The molecule has 0 radical (unpaired) electrons. The molecule has 34 heavy (non-hydrogen) atoms. The van der Waals surface area contributed by atoms with Crippen LogP contribution in [0.25, 0.3) is 0 Å². The van der Waals surface area contributed by atoms with E-state index in [1.165, 1.54) is 0 Å². The number of allylic oxidation sites excluding steroid dienone is 2. The van der Waals surface area contributed by atoms with Crippen LogP contribution < -0.4 is 24.3 Å². The molecule has 2 atom stereocenters. The standard InChI is InChI=1S/C27H31NO6/c1-15(2)34-19-8-6-16(7-9-19)20-14-25(30)28-21-10-17(11-22(29)26(20)21)18-12-23(31-3)27(33-5)24(13-18)32-4/h6-9,12-13,15,17,20H,10-11,14H2,1-5H3,(H,28,30)/t17-,20+/m1/s1. The van der Waals surface area contributed by atoms with Crippen LogP contribution in [-0.2, 0) is 9.59 Å². The van der Waals surface area contributed by atoms with Gasteiger partial charge in [-0.05, 0) is 61.6 Å². The number of nitrogens with one attached hydrogen (secondary N) is 1. The van der Waals surface area contributed by atoms with Gasteiger partial charge >= 0.3 is 0 Å². The van der Waals surface area contributed by atoms with Gasteiger partial charge in [-0.15, -0.1) is 0 Å². The lowest BCUT2D eigenvalue weighted by Crippen LogP contribution is -2.38. The Morgan fingerprint density at radius 2 is 1.50 bits per heavy atom. The predicted octanol–water partition coefficient (Wildman–Crippen LogP) is 4.50. The fraction of sp³-hybridized carbons (Fsp3) is 0.407. The molecular formula is C27H31NO6. The first-order chi connectivity index (χ1) is 16.3. The second-order valence-electron chi connectivity index (χ2n) is 8.92. The minimum absolute atomic E-state index is 0.0486. The number of hydrogen-bond acceptors (Lipinski definition) is 6. The highest BCUT2D eigenvalue weighted by molar-refractivity contribution is 6.02. The molecule has 2 aliphatic rings. The van der Waals surface area contributed by atoms with Crippen molar-refractivity contribution in [3.8, 4) is 23.0 Å². The topological polar surface area (TPSA) is 83.1 Å². The zero-order chi connectivity index (χ0) is 24.4. The summed E-state index contributed by atoms with van der Waals surface area (Å²) in [7, 11) is 4.69. The minimum Gasteiger partial charge on any atom is -0.493 e. The summed E-state index contributed by atoms with van der Waals surface area (Å²) >= 11 is 0. The quantitative estimate of drug-likeness (QED) is 0.648. The third kappa shape index (κ3) is 4.60. The Morgan fingerprint density at radius 3 is 2.06 bits per heavy atom. The highest BCUT2D eigenvalue weighted by atomic mass is 16.5. The fourth-order valence-electron chi connectivity index (χ4n) is 4.87. The predicted molar refractivity (Wildman–Crippen MR) is 128 cm³/mol. The highest BCUT2D eigenvalue weighted by Crippen LogP contribution is 2.46. The Balaban J connectivity index is 1.67. The smallest absolute Gasteiger partial charge is 0.225 e. The average Bonchev–Trinajstić information content (AvgIpc) is 2.82. The minimum atomic E-state index is -0.259. The van der Waals surface area contributed by atoms with Gasteiger partial charge < -0.3 is 24.3 Å². The second kappa shape index (κ2) is 9.79. The van der Waals surface area contributed by atoms with Gasteiger partial charge in [0.2, 0.25) is 11.7 Å². The molecule has 0 saturated carbocycles. The molecule has 1 N–H and O–H groups in total. The van der Waals surface area contributed by atoms with Gasteiger partial charge in [-0.1, -0.05) is 12.1 Å². The van der Waals surface area contributed by atoms with Crippen molar-refractivity contribution >= 4 is 11.7 Å². The first kappa shape index (κ1) is 23.7. The Hall–Kier alpha value is -3.48. The Labute approximate surface area is 200 Å². The van der Waals surface area contributed by atoms with Crippen molar-refractivity contribution < 1.29 is 28.5 Å². The lowest BCUT2D eigenvalue weighted by molar-refractivity contribution is -0.122. The normalized spacial score (nSPS) is 20.1. The molecule has 4 rings (SSSR count). The molecule has 0 saturated heterocycles. The summed E-state index contributed by atoms with van der Waals surface area (Å²) in [6, 6.07) is 11.4. The number of ketones is 1.